The highest BCUT2D eigenvalue weighted by atomic mass is 16.5. The molecule has 0 heterocycles. The highest BCUT2D eigenvalue weighted by Gasteiger charge is 2.40. The number of carboxylic acids is 1. The molecule has 1 fully saturated rings. The number of nitrogens with one attached hydrogen (secondary N) is 1. The first-order valence-corrected chi connectivity index (χ1v) is 11.4. The van der Waals surface area contributed by atoms with Gasteiger partial charge in [0.2, 0.25) is 5.91 Å². The molecule has 2 aromatic rings. The first kappa shape index (κ1) is 22.8. The molecule has 0 bridgehead atoms. The number of carbonyl (C=O) groups is 3. The second kappa shape index (κ2) is 9.25. The Balaban J connectivity index is 1.38. The summed E-state index contributed by atoms with van der Waals surface area (Å²) in [5.41, 5.74) is 4.56. The SMILES string of the molecule is CC(C)[C@H](NC(=O)OCC1c2ccccc2-c2ccccc21)C(=O)N(C)C1CC(C(=O)O)C1. The molecule has 1 atom stereocenters. The highest BCUT2D eigenvalue weighted by Crippen LogP contribution is 2.44. The maximum absolute atomic E-state index is 13.0. The minimum atomic E-state index is -0.829. The number of benzene rings is 2. The van der Waals surface area contributed by atoms with Gasteiger partial charge in [0.25, 0.3) is 0 Å². The standard InChI is InChI=1S/C26H30N2O5/c1-15(2)23(24(29)28(3)17-12-16(13-17)25(30)31)27-26(32)33-14-22-20-10-6-4-8-18(20)19-9-5-7-11-21(19)22/h4-11,15-17,22-23H,12-14H2,1-3H3,(H,27,32)(H,30,31)/t16?,17?,23-/m0/s1. The van der Waals surface area contributed by atoms with E-state index in [1.54, 1.807) is 11.9 Å². The molecule has 0 aliphatic heterocycles. The topological polar surface area (TPSA) is 95.9 Å². The van der Waals surface area contributed by atoms with E-state index in [1.807, 2.05) is 38.1 Å². The van der Waals surface area contributed by atoms with Gasteiger partial charge in [-0.1, -0.05) is 62.4 Å². The molecule has 33 heavy (non-hydrogen) atoms. The predicted molar refractivity (Wildman–Crippen MR) is 124 cm³/mol. The number of rotatable bonds is 7. The van der Waals surface area contributed by atoms with Gasteiger partial charge in [0.15, 0.2) is 0 Å². The van der Waals surface area contributed by atoms with Crippen molar-refractivity contribution in [2.45, 2.75) is 44.7 Å². The van der Waals surface area contributed by atoms with E-state index in [-0.39, 0.29) is 30.4 Å². The smallest absolute Gasteiger partial charge is 0.407 e. The van der Waals surface area contributed by atoms with E-state index in [4.69, 9.17) is 9.84 Å². The summed E-state index contributed by atoms with van der Waals surface area (Å²) in [4.78, 5) is 38.3. The van der Waals surface area contributed by atoms with Gasteiger partial charge in [0.1, 0.15) is 12.6 Å². The molecule has 7 heteroatoms. The molecular formula is C26H30N2O5. The van der Waals surface area contributed by atoms with Crippen LogP contribution in [0.4, 0.5) is 4.79 Å². The normalized spacial score (nSPS) is 19.8. The second-order valence-corrected chi connectivity index (χ2v) is 9.30. The van der Waals surface area contributed by atoms with Crippen LogP contribution in [0.5, 0.6) is 0 Å². The van der Waals surface area contributed by atoms with Crippen molar-refractivity contribution in [1.82, 2.24) is 10.2 Å². The summed E-state index contributed by atoms with van der Waals surface area (Å²) in [6.07, 6.45) is 0.245. The maximum Gasteiger partial charge on any atom is 0.407 e. The summed E-state index contributed by atoms with van der Waals surface area (Å²) >= 11 is 0. The lowest BCUT2D eigenvalue weighted by atomic mass is 9.79. The van der Waals surface area contributed by atoms with Crippen LogP contribution in [0, 0.1) is 11.8 Å². The fraction of sp³-hybridized carbons (Fsp3) is 0.423. The van der Waals surface area contributed by atoms with E-state index in [0.29, 0.717) is 12.8 Å². The predicted octanol–water partition coefficient (Wildman–Crippen LogP) is 3.87. The van der Waals surface area contributed by atoms with Crippen molar-refractivity contribution in [3.8, 4) is 11.1 Å². The van der Waals surface area contributed by atoms with E-state index in [2.05, 4.69) is 29.6 Å². The number of carboxylic acid groups (broad SMARTS) is 1. The van der Waals surface area contributed by atoms with Crippen LogP contribution in [0.3, 0.4) is 0 Å². The number of carbonyl (C=O) groups excluding carboxylic acids is 2. The van der Waals surface area contributed by atoms with Crippen LogP contribution in [0.15, 0.2) is 48.5 Å². The Bertz CT molecular complexity index is 1010. The van der Waals surface area contributed by atoms with Gasteiger partial charge in [-0.25, -0.2) is 4.79 Å². The van der Waals surface area contributed by atoms with Gasteiger partial charge >= 0.3 is 12.1 Å². The zero-order valence-electron chi connectivity index (χ0n) is 19.2. The molecule has 2 aliphatic rings. The van der Waals surface area contributed by atoms with E-state index >= 15 is 0 Å². The Morgan fingerprint density at radius 1 is 1.03 bits per heavy atom. The summed E-state index contributed by atoms with van der Waals surface area (Å²) in [5, 5.41) is 11.8. The number of alkyl carbamates (subject to hydrolysis) is 1. The minimum Gasteiger partial charge on any atom is -0.481 e. The molecule has 0 aromatic heterocycles. The molecule has 0 spiro atoms. The van der Waals surface area contributed by atoms with Crippen LogP contribution in [0.2, 0.25) is 0 Å². The van der Waals surface area contributed by atoms with Gasteiger partial charge in [0.05, 0.1) is 5.92 Å². The van der Waals surface area contributed by atoms with Crippen molar-refractivity contribution < 1.29 is 24.2 Å². The molecule has 0 unspecified atom stereocenters. The Morgan fingerprint density at radius 3 is 2.09 bits per heavy atom. The molecule has 1 saturated carbocycles. The third kappa shape index (κ3) is 4.45. The number of likely N-dealkylation sites (N-methyl/N-ethyl adjacent to an activating group) is 1. The number of hydrogen-bond donors (Lipinski definition) is 2. The van der Waals surface area contributed by atoms with E-state index in [1.165, 1.54) is 0 Å². The molecule has 2 amide bonds. The first-order valence-electron chi connectivity index (χ1n) is 11.4. The van der Waals surface area contributed by atoms with Crippen LogP contribution in [-0.4, -0.2) is 53.7 Å². The van der Waals surface area contributed by atoms with Crippen LogP contribution in [-0.2, 0) is 14.3 Å². The van der Waals surface area contributed by atoms with Gasteiger partial charge in [-0.2, -0.15) is 0 Å². The summed E-state index contributed by atoms with van der Waals surface area (Å²) in [7, 11) is 1.67. The van der Waals surface area contributed by atoms with E-state index in [0.717, 1.165) is 22.3 Å². The van der Waals surface area contributed by atoms with E-state index < -0.39 is 24.0 Å². The number of aliphatic carboxylic acids is 1. The lowest BCUT2D eigenvalue weighted by Crippen LogP contribution is -2.56. The molecule has 2 aromatic carbocycles. The number of hydrogen-bond acceptors (Lipinski definition) is 4. The molecule has 4 rings (SSSR count). The number of ether oxygens (including phenoxy) is 1. The fourth-order valence-electron chi connectivity index (χ4n) is 4.79. The van der Waals surface area contributed by atoms with Crippen molar-refractivity contribution in [1.29, 1.82) is 0 Å². The van der Waals surface area contributed by atoms with Crippen molar-refractivity contribution in [3.63, 3.8) is 0 Å². The molecular weight excluding hydrogens is 420 g/mol. The first-order chi connectivity index (χ1) is 15.8. The lowest BCUT2D eigenvalue weighted by Gasteiger charge is -2.40. The average molecular weight is 451 g/mol. The zero-order valence-corrected chi connectivity index (χ0v) is 19.2. The van der Waals surface area contributed by atoms with Gasteiger partial charge < -0.3 is 20.1 Å². The summed E-state index contributed by atoms with van der Waals surface area (Å²) in [6.45, 7) is 3.90. The molecule has 7 nitrogen and oxygen atoms in total. The quantitative estimate of drug-likeness (QED) is 0.668. The van der Waals surface area contributed by atoms with E-state index in [9.17, 15) is 14.4 Å². The van der Waals surface area contributed by atoms with Gasteiger partial charge in [0, 0.05) is 19.0 Å². The van der Waals surface area contributed by atoms with Crippen LogP contribution >= 0.6 is 0 Å². The molecule has 2 aliphatic carbocycles. The molecule has 0 saturated heterocycles. The molecule has 174 valence electrons. The maximum atomic E-state index is 13.0. The summed E-state index contributed by atoms with van der Waals surface area (Å²) in [6, 6.07) is 15.4. The molecule has 0 radical (unpaired) electrons. The average Bonchev–Trinajstić information content (AvgIpc) is 3.08. The monoisotopic (exact) mass is 450 g/mol. The molecule has 2 N–H and O–H groups in total. The summed E-state index contributed by atoms with van der Waals surface area (Å²) in [5.74, 6) is -1.66. The zero-order chi connectivity index (χ0) is 23.7. The number of nitrogens with zero attached hydrogens (tertiary/aromatic N) is 1. The van der Waals surface area contributed by atoms with Crippen molar-refractivity contribution in [3.05, 3.63) is 59.7 Å². The van der Waals surface area contributed by atoms with Gasteiger partial charge in [-0.05, 0) is 41.0 Å². The van der Waals surface area contributed by atoms with Gasteiger partial charge in [-0.3, -0.25) is 9.59 Å². The minimum absolute atomic E-state index is 0.0537. The second-order valence-electron chi connectivity index (χ2n) is 9.30. The van der Waals surface area contributed by atoms with Crippen LogP contribution in [0.25, 0.3) is 11.1 Å². The fourth-order valence-corrected chi connectivity index (χ4v) is 4.79. The largest absolute Gasteiger partial charge is 0.481 e. The van der Waals surface area contributed by atoms with Crippen LogP contribution in [0.1, 0.15) is 43.7 Å². The van der Waals surface area contributed by atoms with Crippen molar-refractivity contribution in [2.75, 3.05) is 13.7 Å². The van der Waals surface area contributed by atoms with Crippen LogP contribution < -0.4 is 5.32 Å². The number of amides is 2. The third-order valence-electron chi connectivity index (χ3n) is 6.91. The Kier molecular flexibility index (Phi) is 6.40. The van der Waals surface area contributed by atoms with Gasteiger partial charge in [-0.15, -0.1) is 0 Å². The highest BCUT2D eigenvalue weighted by molar-refractivity contribution is 5.86. The Morgan fingerprint density at radius 2 is 1.58 bits per heavy atom. The van der Waals surface area contributed by atoms with Crippen molar-refractivity contribution >= 4 is 18.0 Å². The number of fused-ring (bicyclic) bond motifs is 3. The third-order valence-corrected chi connectivity index (χ3v) is 6.91. The Labute approximate surface area is 193 Å². The Hall–Kier alpha value is -3.35. The lowest BCUT2D eigenvalue weighted by molar-refractivity contribution is -0.150. The van der Waals surface area contributed by atoms with Crippen molar-refractivity contribution in [2.24, 2.45) is 11.8 Å². The summed E-state index contributed by atoms with van der Waals surface area (Å²) < 4.78 is 5.60.